The summed E-state index contributed by atoms with van der Waals surface area (Å²) in [6.07, 6.45) is 1.49. The molecule has 0 radical (unpaired) electrons. The second-order valence-electron chi connectivity index (χ2n) is 2.68. The number of carboxylic acid groups (broad SMARTS) is 1. The zero-order valence-electron chi connectivity index (χ0n) is 7.53. The Morgan fingerprint density at radius 3 is 2.29 bits per heavy atom. The Kier molecular flexibility index (Phi) is 4.87. The lowest BCUT2D eigenvalue weighted by Crippen LogP contribution is -1.95. The van der Waals surface area contributed by atoms with Crippen LogP contribution >= 0.6 is 12.4 Å². The first kappa shape index (κ1) is 12.7. The lowest BCUT2D eigenvalue weighted by Gasteiger charge is -1.94. The van der Waals surface area contributed by atoms with Crippen LogP contribution in [-0.4, -0.2) is 11.1 Å². The average Bonchev–Trinajstić information content (AvgIpc) is 2.08. The SMILES string of the molecule is C/C(=C\c1ccc(F)cc1)C(=O)O.Cl. The van der Waals surface area contributed by atoms with Crippen molar-refractivity contribution in [2.75, 3.05) is 0 Å². The summed E-state index contributed by atoms with van der Waals surface area (Å²) in [5, 5.41) is 8.56. The van der Waals surface area contributed by atoms with E-state index in [1.54, 1.807) is 0 Å². The molecule has 1 aromatic rings. The molecule has 1 N–H and O–H groups in total. The van der Waals surface area contributed by atoms with Crippen molar-refractivity contribution < 1.29 is 14.3 Å². The molecule has 0 spiro atoms. The predicted molar refractivity (Wildman–Crippen MR) is 54.9 cm³/mol. The second kappa shape index (κ2) is 5.40. The summed E-state index contributed by atoms with van der Waals surface area (Å²) in [6, 6.07) is 5.64. The van der Waals surface area contributed by atoms with Crippen molar-refractivity contribution in [2.45, 2.75) is 6.92 Å². The van der Waals surface area contributed by atoms with Gasteiger partial charge in [0.05, 0.1) is 0 Å². The molecule has 2 nitrogen and oxygen atoms in total. The van der Waals surface area contributed by atoms with Crippen LogP contribution < -0.4 is 0 Å². The molecule has 4 heteroatoms. The monoisotopic (exact) mass is 216 g/mol. The quantitative estimate of drug-likeness (QED) is 0.772. The fourth-order valence-electron chi connectivity index (χ4n) is 0.871. The first-order valence-corrected chi connectivity index (χ1v) is 3.77. The molecule has 14 heavy (non-hydrogen) atoms. The second-order valence-corrected chi connectivity index (χ2v) is 2.68. The molecule has 0 amide bonds. The van der Waals surface area contributed by atoms with Crippen LogP contribution in [0.4, 0.5) is 4.39 Å². The van der Waals surface area contributed by atoms with E-state index >= 15 is 0 Å². The summed E-state index contributed by atoms with van der Waals surface area (Å²) >= 11 is 0. The molecule has 0 aliphatic carbocycles. The van der Waals surface area contributed by atoms with Gasteiger partial charge in [0.25, 0.3) is 0 Å². The Balaban J connectivity index is 0.00000169. The van der Waals surface area contributed by atoms with Crippen molar-refractivity contribution in [3.05, 3.63) is 41.2 Å². The van der Waals surface area contributed by atoms with Crippen LogP contribution in [0.15, 0.2) is 29.8 Å². The van der Waals surface area contributed by atoms with E-state index in [1.807, 2.05) is 0 Å². The maximum absolute atomic E-state index is 12.4. The number of benzene rings is 1. The standard InChI is InChI=1S/C10H9FO2.ClH/c1-7(10(12)13)6-8-2-4-9(11)5-3-8;/h2-6H,1H3,(H,12,13);1H/b7-6+;. The van der Waals surface area contributed by atoms with Crippen molar-refractivity contribution in [1.82, 2.24) is 0 Å². The van der Waals surface area contributed by atoms with Gasteiger partial charge in [-0.3, -0.25) is 0 Å². The normalized spacial score (nSPS) is 10.6. The summed E-state index contributed by atoms with van der Waals surface area (Å²) in [5.41, 5.74) is 0.910. The number of rotatable bonds is 2. The molecule has 0 aromatic heterocycles. The minimum Gasteiger partial charge on any atom is -0.478 e. The zero-order chi connectivity index (χ0) is 9.84. The van der Waals surface area contributed by atoms with Gasteiger partial charge in [0.15, 0.2) is 0 Å². The molecular weight excluding hydrogens is 207 g/mol. The number of halogens is 2. The van der Waals surface area contributed by atoms with E-state index in [4.69, 9.17) is 5.11 Å². The molecule has 0 saturated heterocycles. The van der Waals surface area contributed by atoms with E-state index in [2.05, 4.69) is 0 Å². The summed E-state index contributed by atoms with van der Waals surface area (Å²) in [6.45, 7) is 1.49. The van der Waals surface area contributed by atoms with Gasteiger partial charge in [0, 0.05) is 5.57 Å². The van der Waals surface area contributed by atoms with Crippen molar-refractivity contribution in [3.8, 4) is 0 Å². The summed E-state index contributed by atoms with van der Waals surface area (Å²) in [7, 11) is 0. The van der Waals surface area contributed by atoms with Crippen molar-refractivity contribution in [1.29, 1.82) is 0 Å². The van der Waals surface area contributed by atoms with Gasteiger partial charge in [-0.15, -0.1) is 12.4 Å². The molecule has 0 saturated carbocycles. The van der Waals surface area contributed by atoms with Crippen LogP contribution in [0.2, 0.25) is 0 Å². The third-order valence-corrected chi connectivity index (χ3v) is 1.59. The van der Waals surface area contributed by atoms with Gasteiger partial charge < -0.3 is 5.11 Å². The molecule has 0 unspecified atom stereocenters. The maximum Gasteiger partial charge on any atom is 0.331 e. The van der Waals surface area contributed by atoms with Crippen LogP contribution in [0.5, 0.6) is 0 Å². The Hall–Kier alpha value is -1.35. The van der Waals surface area contributed by atoms with Gasteiger partial charge in [0.1, 0.15) is 5.82 Å². The third-order valence-electron chi connectivity index (χ3n) is 1.59. The highest BCUT2D eigenvalue weighted by atomic mass is 35.5. The van der Waals surface area contributed by atoms with E-state index in [0.717, 1.165) is 0 Å². The highest BCUT2D eigenvalue weighted by Crippen LogP contribution is 2.07. The number of hydrogen-bond acceptors (Lipinski definition) is 1. The zero-order valence-corrected chi connectivity index (χ0v) is 8.34. The molecule has 0 bridgehead atoms. The van der Waals surface area contributed by atoms with E-state index in [1.165, 1.54) is 37.3 Å². The van der Waals surface area contributed by atoms with Crippen molar-refractivity contribution >= 4 is 24.5 Å². The van der Waals surface area contributed by atoms with E-state index < -0.39 is 5.97 Å². The molecule has 0 aliphatic rings. The van der Waals surface area contributed by atoms with Crippen LogP contribution in [0.3, 0.4) is 0 Å². The van der Waals surface area contributed by atoms with Gasteiger partial charge in [-0.2, -0.15) is 0 Å². The maximum atomic E-state index is 12.4. The number of aliphatic carboxylic acids is 1. The predicted octanol–water partition coefficient (Wildman–Crippen LogP) is 2.74. The fraction of sp³-hybridized carbons (Fsp3) is 0.100. The summed E-state index contributed by atoms with van der Waals surface area (Å²) in [4.78, 5) is 10.4. The molecule has 1 aromatic carbocycles. The molecule has 1 rings (SSSR count). The number of carbonyl (C=O) groups is 1. The highest BCUT2D eigenvalue weighted by molar-refractivity contribution is 5.91. The highest BCUT2D eigenvalue weighted by Gasteiger charge is 1.99. The fourth-order valence-corrected chi connectivity index (χ4v) is 0.871. The summed E-state index contributed by atoms with van der Waals surface area (Å²) in [5.74, 6) is -1.30. The van der Waals surface area contributed by atoms with Gasteiger partial charge in [0.2, 0.25) is 0 Å². The Morgan fingerprint density at radius 1 is 1.36 bits per heavy atom. The largest absolute Gasteiger partial charge is 0.478 e. The Morgan fingerprint density at radius 2 is 1.86 bits per heavy atom. The molecule has 0 atom stereocenters. The van der Waals surface area contributed by atoms with Crippen LogP contribution in [0, 0.1) is 5.82 Å². The van der Waals surface area contributed by atoms with Gasteiger partial charge in [-0.25, -0.2) is 9.18 Å². The Bertz CT molecular complexity index is 344. The molecule has 0 aliphatic heterocycles. The minimum absolute atomic E-state index is 0. The smallest absolute Gasteiger partial charge is 0.331 e. The summed E-state index contributed by atoms with van der Waals surface area (Å²) < 4.78 is 12.4. The van der Waals surface area contributed by atoms with Crippen LogP contribution in [0.1, 0.15) is 12.5 Å². The Labute approximate surface area is 87.5 Å². The van der Waals surface area contributed by atoms with Crippen LogP contribution in [0.25, 0.3) is 6.08 Å². The van der Waals surface area contributed by atoms with Crippen molar-refractivity contribution in [2.24, 2.45) is 0 Å². The molecule has 0 fully saturated rings. The molecular formula is C10H10ClFO2. The van der Waals surface area contributed by atoms with Gasteiger partial charge >= 0.3 is 5.97 Å². The van der Waals surface area contributed by atoms with E-state index in [0.29, 0.717) is 5.56 Å². The lowest BCUT2D eigenvalue weighted by atomic mass is 10.1. The first-order chi connectivity index (χ1) is 6.09. The molecule has 76 valence electrons. The van der Waals surface area contributed by atoms with Gasteiger partial charge in [-0.05, 0) is 30.7 Å². The molecule has 0 heterocycles. The van der Waals surface area contributed by atoms with E-state index in [9.17, 15) is 9.18 Å². The number of carboxylic acids is 1. The third kappa shape index (κ3) is 3.58. The van der Waals surface area contributed by atoms with Gasteiger partial charge in [-0.1, -0.05) is 12.1 Å². The average molecular weight is 217 g/mol. The minimum atomic E-state index is -0.968. The topological polar surface area (TPSA) is 37.3 Å². The number of hydrogen-bond donors (Lipinski definition) is 1. The first-order valence-electron chi connectivity index (χ1n) is 3.77. The lowest BCUT2D eigenvalue weighted by molar-refractivity contribution is -0.132. The van der Waals surface area contributed by atoms with Crippen LogP contribution in [-0.2, 0) is 4.79 Å². The van der Waals surface area contributed by atoms with E-state index in [-0.39, 0.29) is 23.8 Å². The van der Waals surface area contributed by atoms with Crippen molar-refractivity contribution in [3.63, 3.8) is 0 Å².